The number of rotatable bonds is 3. The van der Waals surface area contributed by atoms with E-state index in [1.165, 1.54) is 12.1 Å². The molecule has 0 spiro atoms. The molecule has 3 rings (SSSR count). The van der Waals surface area contributed by atoms with Crippen LogP contribution in [0.15, 0.2) is 30.3 Å². The van der Waals surface area contributed by atoms with Crippen molar-refractivity contribution >= 4 is 11.6 Å². The molecule has 1 aliphatic heterocycles. The number of piperidine rings is 1. The summed E-state index contributed by atoms with van der Waals surface area (Å²) in [6, 6.07) is 7.74. The first-order valence-electron chi connectivity index (χ1n) is 9.73. The highest BCUT2D eigenvalue weighted by atomic mass is 19.1. The molecule has 1 unspecified atom stereocenters. The van der Waals surface area contributed by atoms with E-state index in [1.54, 1.807) is 0 Å². The van der Waals surface area contributed by atoms with Gasteiger partial charge in [-0.2, -0.15) is 0 Å². The van der Waals surface area contributed by atoms with Crippen molar-refractivity contribution < 1.29 is 13.6 Å². The smallest absolute Gasteiger partial charge is 0.227 e. The second-order valence-electron chi connectivity index (χ2n) is 7.46. The minimum absolute atomic E-state index is 0.0921. The molecular weight excluding hydrogens is 356 g/mol. The second kappa shape index (κ2) is 8.56. The third kappa shape index (κ3) is 4.42. The minimum Gasteiger partial charge on any atom is -0.312 e. The summed E-state index contributed by atoms with van der Waals surface area (Å²) in [5.74, 6) is 5.36. The van der Waals surface area contributed by atoms with Gasteiger partial charge in [-0.15, -0.1) is 0 Å². The van der Waals surface area contributed by atoms with Gasteiger partial charge >= 0.3 is 0 Å². The van der Waals surface area contributed by atoms with E-state index in [2.05, 4.69) is 11.8 Å². The van der Waals surface area contributed by atoms with Gasteiger partial charge in [0.05, 0.1) is 0 Å². The normalized spacial score (nSPS) is 16.7. The largest absolute Gasteiger partial charge is 0.312 e. The minimum atomic E-state index is -0.570. The number of hydrogen-bond donors (Lipinski definition) is 0. The van der Waals surface area contributed by atoms with Crippen molar-refractivity contribution in [2.75, 3.05) is 11.4 Å². The molecule has 1 saturated heterocycles. The molecule has 146 valence electrons. The highest BCUT2D eigenvalue weighted by Crippen LogP contribution is 2.32. The first kappa shape index (κ1) is 20.1. The molecule has 4 heteroatoms. The average molecular weight is 381 g/mol. The van der Waals surface area contributed by atoms with E-state index < -0.39 is 11.6 Å². The quantitative estimate of drug-likeness (QED) is 0.658. The Morgan fingerprint density at radius 1 is 1.14 bits per heavy atom. The molecule has 2 nitrogen and oxygen atoms in total. The van der Waals surface area contributed by atoms with Gasteiger partial charge < -0.3 is 4.90 Å². The van der Waals surface area contributed by atoms with Gasteiger partial charge in [-0.1, -0.05) is 24.8 Å². The van der Waals surface area contributed by atoms with Gasteiger partial charge in [-0.25, -0.2) is 8.78 Å². The second-order valence-corrected chi connectivity index (χ2v) is 7.46. The molecule has 1 fully saturated rings. The molecule has 0 bridgehead atoms. The van der Waals surface area contributed by atoms with Crippen molar-refractivity contribution in [3.63, 3.8) is 0 Å². The van der Waals surface area contributed by atoms with Gasteiger partial charge in [0, 0.05) is 36.7 Å². The van der Waals surface area contributed by atoms with Crippen LogP contribution in [0.5, 0.6) is 0 Å². The van der Waals surface area contributed by atoms with Crippen LogP contribution in [0.25, 0.3) is 0 Å². The van der Waals surface area contributed by atoms with Gasteiger partial charge in [-0.05, 0) is 67.5 Å². The van der Waals surface area contributed by atoms with Crippen LogP contribution in [0, 0.1) is 43.2 Å². The topological polar surface area (TPSA) is 20.3 Å². The van der Waals surface area contributed by atoms with Crippen molar-refractivity contribution in [3.8, 4) is 11.8 Å². The van der Waals surface area contributed by atoms with Crippen LogP contribution in [-0.2, 0) is 11.2 Å². The van der Waals surface area contributed by atoms with E-state index in [0.717, 1.165) is 34.9 Å². The molecule has 0 aliphatic carbocycles. The van der Waals surface area contributed by atoms with Crippen LogP contribution in [0.2, 0.25) is 0 Å². The molecule has 0 N–H and O–H groups in total. The Morgan fingerprint density at radius 2 is 1.86 bits per heavy atom. The summed E-state index contributed by atoms with van der Waals surface area (Å²) in [6.07, 6.45) is 2.44. The monoisotopic (exact) mass is 381 g/mol. The number of aryl methyl sites for hydroxylation is 2. The molecule has 0 radical (unpaired) electrons. The van der Waals surface area contributed by atoms with Crippen LogP contribution in [0.1, 0.15) is 48.4 Å². The van der Waals surface area contributed by atoms with Gasteiger partial charge in [0.1, 0.15) is 11.6 Å². The Labute approximate surface area is 165 Å². The van der Waals surface area contributed by atoms with E-state index >= 15 is 0 Å². The van der Waals surface area contributed by atoms with Gasteiger partial charge in [0.15, 0.2) is 0 Å². The molecular formula is C24H25F2NO. The Balaban J connectivity index is 1.84. The Hall–Kier alpha value is -2.67. The fraction of sp³-hybridized carbons (Fsp3) is 0.375. The van der Waals surface area contributed by atoms with Gasteiger partial charge in [-0.3, -0.25) is 4.79 Å². The van der Waals surface area contributed by atoms with Crippen molar-refractivity contribution in [2.24, 2.45) is 5.92 Å². The predicted molar refractivity (Wildman–Crippen MR) is 108 cm³/mol. The summed E-state index contributed by atoms with van der Waals surface area (Å²) in [5.41, 5.74) is 4.41. The summed E-state index contributed by atoms with van der Waals surface area (Å²) >= 11 is 0. The molecule has 2 aromatic carbocycles. The summed E-state index contributed by atoms with van der Waals surface area (Å²) in [4.78, 5) is 14.5. The van der Waals surface area contributed by atoms with Crippen molar-refractivity contribution in [2.45, 2.75) is 46.5 Å². The molecule has 0 saturated carbocycles. The van der Waals surface area contributed by atoms with Crippen LogP contribution >= 0.6 is 0 Å². The lowest BCUT2D eigenvalue weighted by atomic mass is 9.89. The van der Waals surface area contributed by atoms with Crippen molar-refractivity contribution in [1.29, 1.82) is 0 Å². The summed E-state index contributed by atoms with van der Waals surface area (Å²) in [5, 5.41) is 0. The van der Waals surface area contributed by atoms with Crippen LogP contribution in [0.3, 0.4) is 0 Å². The Morgan fingerprint density at radius 3 is 2.50 bits per heavy atom. The van der Waals surface area contributed by atoms with Crippen molar-refractivity contribution in [1.82, 2.24) is 0 Å². The SMILES string of the molecule is CCC#Cc1cc(C)c(N2CC(Cc3ccc(F)cc3F)CCC2=O)c(C)c1. The Kier molecular flexibility index (Phi) is 6.14. The number of nitrogens with zero attached hydrogens (tertiary/aromatic N) is 1. The van der Waals surface area contributed by atoms with E-state index in [4.69, 9.17) is 0 Å². The van der Waals surface area contributed by atoms with Gasteiger partial charge in [0.2, 0.25) is 5.91 Å². The lowest BCUT2D eigenvalue weighted by Crippen LogP contribution is -2.41. The van der Waals surface area contributed by atoms with Gasteiger partial charge in [0.25, 0.3) is 0 Å². The van der Waals surface area contributed by atoms with Crippen LogP contribution in [0.4, 0.5) is 14.5 Å². The Bertz CT molecular complexity index is 932. The summed E-state index contributed by atoms with van der Waals surface area (Å²) < 4.78 is 27.2. The molecule has 1 aliphatic rings. The molecule has 0 aromatic heterocycles. The van der Waals surface area contributed by atoms with E-state index in [9.17, 15) is 13.6 Å². The van der Waals surface area contributed by atoms with Crippen LogP contribution in [-0.4, -0.2) is 12.5 Å². The van der Waals surface area contributed by atoms with E-state index in [-0.39, 0.29) is 11.8 Å². The zero-order valence-corrected chi connectivity index (χ0v) is 16.6. The summed E-state index contributed by atoms with van der Waals surface area (Å²) in [7, 11) is 0. The number of halogens is 2. The first-order chi connectivity index (χ1) is 13.4. The lowest BCUT2D eigenvalue weighted by Gasteiger charge is -2.34. The fourth-order valence-electron chi connectivity index (χ4n) is 3.94. The van der Waals surface area contributed by atoms with Crippen LogP contribution < -0.4 is 4.90 Å². The van der Waals surface area contributed by atoms with E-state index in [1.807, 2.05) is 37.8 Å². The van der Waals surface area contributed by atoms with E-state index in [0.29, 0.717) is 31.4 Å². The predicted octanol–water partition coefficient (Wildman–Crippen LogP) is 5.33. The number of anilines is 1. The highest BCUT2D eigenvalue weighted by Gasteiger charge is 2.29. The van der Waals surface area contributed by atoms with Crippen molar-refractivity contribution in [3.05, 3.63) is 64.2 Å². The standard InChI is InChI=1S/C24H25F2NO/c1-4-5-6-18-11-16(2)24(17(3)12-18)27-15-19(7-10-23(27)28)13-20-8-9-21(25)14-22(20)26/h8-9,11-12,14,19H,4,7,10,13,15H2,1-3H3. The molecule has 2 aromatic rings. The third-order valence-corrected chi connectivity index (χ3v) is 5.20. The molecule has 1 atom stereocenters. The third-order valence-electron chi connectivity index (χ3n) is 5.20. The number of carbonyl (C=O) groups is 1. The number of carbonyl (C=O) groups excluding carboxylic acids is 1. The first-order valence-corrected chi connectivity index (χ1v) is 9.73. The zero-order chi connectivity index (χ0) is 20.3. The maximum atomic E-state index is 14.0. The molecule has 1 heterocycles. The molecule has 1 amide bonds. The lowest BCUT2D eigenvalue weighted by molar-refractivity contribution is -0.120. The molecule has 28 heavy (non-hydrogen) atoms. The number of amides is 1. The average Bonchev–Trinajstić information content (AvgIpc) is 2.64. The summed E-state index contributed by atoms with van der Waals surface area (Å²) in [6.45, 7) is 6.54. The maximum absolute atomic E-state index is 14.0. The maximum Gasteiger partial charge on any atom is 0.227 e. The fourth-order valence-corrected chi connectivity index (χ4v) is 3.94. The highest BCUT2D eigenvalue weighted by molar-refractivity contribution is 5.95. The zero-order valence-electron chi connectivity index (χ0n) is 16.6. The number of hydrogen-bond acceptors (Lipinski definition) is 1. The number of benzene rings is 2.